The predicted octanol–water partition coefficient (Wildman–Crippen LogP) is 3.74. The highest BCUT2D eigenvalue weighted by Gasteiger charge is 2.33. The summed E-state index contributed by atoms with van der Waals surface area (Å²) in [7, 11) is -4.37. The van der Waals surface area contributed by atoms with Gasteiger partial charge in [-0.3, -0.25) is 4.79 Å². The van der Waals surface area contributed by atoms with E-state index in [-0.39, 0.29) is 31.7 Å². The molecule has 1 aromatic heterocycles. The van der Waals surface area contributed by atoms with Gasteiger partial charge in [0, 0.05) is 25.3 Å². The Morgan fingerprint density at radius 3 is 2.47 bits per heavy atom. The molecule has 3 aromatic rings. The topological polar surface area (TPSA) is 90.5 Å². The van der Waals surface area contributed by atoms with Gasteiger partial charge >= 0.3 is 6.18 Å². The highest BCUT2D eigenvalue weighted by atomic mass is 32.2. The highest BCUT2D eigenvalue weighted by Crippen LogP contribution is 2.31. The number of nitrogens with one attached hydrogen (secondary N) is 1. The van der Waals surface area contributed by atoms with Gasteiger partial charge in [0.05, 0.1) is 16.0 Å². The van der Waals surface area contributed by atoms with Crippen LogP contribution in [0.2, 0.25) is 0 Å². The molecule has 0 atom stereocenters. The van der Waals surface area contributed by atoms with Crippen LogP contribution in [0.25, 0.3) is 10.9 Å². The maximum Gasteiger partial charge on any atom is 0.416 e. The van der Waals surface area contributed by atoms with Crippen LogP contribution < -0.4 is 5.56 Å². The Labute approximate surface area is 183 Å². The molecule has 0 amide bonds. The molecule has 10 heteroatoms. The molecule has 0 saturated heterocycles. The fourth-order valence-electron chi connectivity index (χ4n) is 3.39. The lowest BCUT2D eigenvalue weighted by atomic mass is 10.0. The number of sulfonamides is 1. The van der Waals surface area contributed by atoms with E-state index in [0.717, 1.165) is 33.6 Å². The first-order valence-electron chi connectivity index (χ1n) is 9.85. The number of benzene rings is 2. The summed E-state index contributed by atoms with van der Waals surface area (Å²) in [5, 5.41) is 9.89. The van der Waals surface area contributed by atoms with E-state index in [1.807, 2.05) is 19.9 Å². The fraction of sp³-hybridized carbons (Fsp3) is 0.318. The second-order valence-electron chi connectivity index (χ2n) is 7.54. The molecule has 2 aromatic carbocycles. The Balaban J connectivity index is 2.05. The maximum atomic E-state index is 13.2. The van der Waals surface area contributed by atoms with Crippen molar-refractivity contribution in [3.05, 3.63) is 75.1 Å². The zero-order chi connectivity index (χ0) is 23.7. The third-order valence-electron chi connectivity index (χ3n) is 5.34. The van der Waals surface area contributed by atoms with Crippen molar-refractivity contribution in [2.45, 2.75) is 37.9 Å². The summed E-state index contributed by atoms with van der Waals surface area (Å²) in [6.45, 7) is 2.93. The average molecular weight is 468 g/mol. The van der Waals surface area contributed by atoms with Crippen molar-refractivity contribution in [2.75, 3.05) is 13.2 Å². The summed E-state index contributed by atoms with van der Waals surface area (Å²) >= 11 is 0. The predicted molar refractivity (Wildman–Crippen MR) is 115 cm³/mol. The van der Waals surface area contributed by atoms with Crippen molar-refractivity contribution in [3.8, 4) is 0 Å². The van der Waals surface area contributed by atoms with Crippen LogP contribution in [0.15, 0.2) is 52.2 Å². The molecule has 32 heavy (non-hydrogen) atoms. The van der Waals surface area contributed by atoms with Gasteiger partial charge in [0.15, 0.2) is 0 Å². The summed E-state index contributed by atoms with van der Waals surface area (Å²) in [5.74, 6) is 0. The minimum absolute atomic E-state index is 0.0575. The Bertz CT molecular complexity index is 1300. The van der Waals surface area contributed by atoms with Crippen molar-refractivity contribution < 1.29 is 26.7 Å². The van der Waals surface area contributed by atoms with E-state index in [2.05, 4.69) is 4.98 Å². The van der Waals surface area contributed by atoms with Crippen molar-refractivity contribution >= 4 is 20.9 Å². The fourth-order valence-corrected chi connectivity index (χ4v) is 4.89. The number of aromatic nitrogens is 1. The van der Waals surface area contributed by atoms with Gasteiger partial charge in [-0.2, -0.15) is 17.5 Å². The molecule has 0 bridgehead atoms. The van der Waals surface area contributed by atoms with Gasteiger partial charge in [-0.15, -0.1) is 0 Å². The number of aryl methyl sites for hydroxylation is 2. The average Bonchev–Trinajstić information content (AvgIpc) is 2.74. The number of fused-ring (bicyclic) bond motifs is 1. The number of halogens is 3. The van der Waals surface area contributed by atoms with E-state index in [9.17, 15) is 31.5 Å². The number of rotatable bonds is 7. The third-order valence-corrected chi connectivity index (χ3v) is 7.18. The lowest BCUT2D eigenvalue weighted by Crippen LogP contribution is -2.34. The van der Waals surface area contributed by atoms with Gasteiger partial charge in [0.25, 0.3) is 5.56 Å². The molecule has 3 rings (SSSR count). The van der Waals surface area contributed by atoms with Crippen LogP contribution in [-0.4, -0.2) is 36.0 Å². The first-order valence-corrected chi connectivity index (χ1v) is 11.3. The monoisotopic (exact) mass is 468 g/mol. The van der Waals surface area contributed by atoms with Crippen LogP contribution in [0.1, 0.15) is 28.7 Å². The molecule has 0 saturated carbocycles. The summed E-state index contributed by atoms with van der Waals surface area (Å²) in [6.07, 6.45) is -4.64. The van der Waals surface area contributed by atoms with Crippen LogP contribution in [0.5, 0.6) is 0 Å². The van der Waals surface area contributed by atoms with Gasteiger partial charge in [0.1, 0.15) is 0 Å². The molecule has 0 aliphatic heterocycles. The van der Waals surface area contributed by atoms with Crippen molar-refractivity contribution in [3.63, 3.8) is 0 Å². The summed E-state index contributed by atoms with van der Waals surface area (Å²) in [5.41, 5.74) is 1.09. The smallest absolute Gasteiger partial charge is 0.396 e. The molecule has 0 spiro atoms. The van der Waals surface area contributed by atoms with E-state index >= 15 is 0 Å². The van der Waals surface area contributed by atoms with Crippen molar-refractivity contribution in [2.24, 2.45) is 0 Å². The molecule has 6 nitrogen and oxygen atoms in total. The number of hydrogen-bond donors (Lipinski definition) is 2. The second-order valence-corrected chi connectivity index (χ2v) is 9.47. The van der Waals surface area contributed by atoms with Gasteiger partial charge in [0.2, 0.25) is 10.0 Å². The lowest BCUT2D eigenvalue weighted by molar-refractivity contribution is -0.137. The number of nitrogens with zero attached hydrogens (tertiary/aromatic N) is 1. The van der Waals surface area contributed by atoms with Crippen LogP contribution >= 0.6 is 0 Å². The number of hydrogen-bond acceptors (Lipinski definition) is 4. The summed E-state index contributed by atoms with van der Waals surface area (Å²) in [4.78, 5) is 14.9. The zero-order valence-electron chi connectivity index (χ0n) is 17.5. The first kappa shape index (κ1) is 24.0. The van der Waals surface area contributed by atoms with Crippen LogP contribution in [-0.2, 0) is 22.7 Å². The minimum Gasteiger partial charge on any atom is -0.396 e. The van der Waals surface area contributed by atoms with E-state index in [0.29, 0.717) is 17.0 Å². The molecule has 172 valence electrons. The number of aliphatic hydroxyl groups excluding tert-OH is 1. The molecule has 0 unspecified atom stereocenters. The molecule has 0 fully saturated rings. The van der Waals surface area contributed by atoms with E-state index < -0.39 is 32.2 Å². The lowest BCUT2D eigenvalue weighted by Gasteiger charge is -2.22. The highest BCUT2D eigenvalue weighted by molar-refractivity contribution is 7.89. The number of aromatic amines is 1. The van der Waals surface area contributed by atoms with Crippen molar-refractivity contribution in [1.29, 1.82) is 0 Å². The Kier molecular flexibility index (Phi) is 6.77. The number of pyridine rings is 1. The first-order chi connectivity index (χ1) is 14.9. The van der Waals surface area contributed by atoms with Gasteiger partial charge in [-0.05, 0) is 61.0 Å². The molecular weight excluding hydrogens is 445 g/mol. The molecule has 2 N–H and O–H groups in total. The number of alkyl halides is 3. The maximum absolute atomic E-state index is 13.2. The summed E-state index contributed by atoms with van der Waals surface area (Å²) < 4.78 is 66.5. The second kappa shape index (κ2) is 9.05. The van der Waals surface area contributed by atoms with Gasteiger partial charge in [-0.1, -0.05) is 18.2 Å². The molecular formula is C22H23F3N2O4S. The van der Waals surface area contributed by atoms with Crippen LogP contribution in [0, 0.1) is 13.8 Å². The van der Waals surface area contributed by atoms with Crippen molar-refractivity contribution in [1.82, 2.24) is 9.29 Å². The summed E-state index contributed by atoms with van der Waals surface area (Å²) in [6, 6.07) is 8.71. The SMILES string of the molecule is Cc1ccc2cc(CN(CCCO)S(=O)(=O)c3cccc(C(F)(F)F)c3)c(=O)[nH]c2c1C. The Morgan fingerprint density at radius 1 is 1.09 bits per heavy atom. The Hall–Kier alpha value is -2.69. The standard InChI is InChI=1S/C22H23F3N2O4S/c1-14-7-8-16-11-17(21(29)26-20(16)15(14)2)13-27(9-4-10-28)32(30,31)19-6-3-5-18(12-19)22(23,24)25/h3,5-8,11-12,28H,4,9-10,13H2,1-2H3,(H,26,29). The number of aliphatic hydroxyl groups is 1. The molecule has 0 aliphatic rings. The van der Waals surface area contributed by atoms with Gasteiger partial charge < -0.3 is 10.1 Å². The Morgan fingerprint density at radius 2 is 1.81 bits per heavy atom. The third kappa shape index (κ3) is 4.87. The van der Waals surface area contributed by atoms with E-state index in [1.54, 1.807) is 12.1 Å². The van der Waals surface area contributed by atoms with E-state index in [1.165, 1.54) is 0 Å². The largest absolute Gasteiger partial charge is 0.416 e. The number of H-pyrrole nitrogens is 1. The van der Waals surface area contributed by atoms with Crippen LogP contribution in [0.4, 0.5) is 13.2 Å². The molecule has 1 heterocycles. The van der Waals surface area contributed by atoms with Gasteiger partial charge in [-0.25, -0.2) is 8.42 Å². The minimum atomic E-state index is -4.70. The van der Waals surface area contributed by atoms with E-state index in [4.69, 9.17) is 0 Å². The molecule has 0 aliphatic carbocycles. The normalized spacial score (nSPS) is 12.6. The zero-order valence-corrected chi connectivity index (χ0v) is 18.3. The quantitative estimate of drug-likeness (QED) is 0.553. The van der Waals surface area contributed by atoms with Crippen LogP contribution in [0.3, 0.4) is 0 Å². The molecule has 0 radical (unpaired) electrons.